The van der Waals surface area contributed by atoms with Gasteiger partial charge in [-0.2, -0.15) is 0 Å². The average Bonchev–Trinajstić information content (AvgIpc) is 2.60. The second-order valence-electron chi connectivity index (χ2n) is 5.58. The van der Waals surface area contributed by atoms with Crippen LogP contribution in [0.1, 0.15) is 24.2 Å². The number of para-hydroxylation sites is 2. The Balaban J connectivity index is 1.92. The van der Waals surface area contributed by atoms with Crippen LogP contribution in [0, 0.1) is 0 Å². The Bertz CT molecular complexity index is 615. The van der Waals surface area contributed by atoms with Gasteiger partial charge in [-0.05, 0) is 31.0 Å². The van der Waals surface area contributed by atoms with Gasteiger partial charge < -0.3 is 19.9 Å². The quantitative estimate of drug-likeness (QED) is 0.786. The molecule has 0 spiro atoms. The molecule has 0 bridgehead atoms. The Morgan fingerprint density at radius 1 is 0.957 bits per heavy atom. The Hall–Kier alpha value is -2.04. The summed E-state index contributed by atoms with van der Waals surface area (Å²) in [6.45, 7) is 2.57. The van der Waals surface area contributed by atoms with Crippen molar-refractivity contribution in [2.75, 3.05) is 20.8 Å². The van der Waals surface area contributed by atoms with Crippen molar-refractivity contribution >= 4 is 0 Å². The molecule has 2 N–H and O–H groups in total. The first-order valence-electron chi connectivity index (χ1n) is 7.82. The van der Waals surface area contributed by atoms with Crippen molar-refractivity contribution in [3.8, 4) is 11.5 Å². The van der Waals surface area contributed by atoms with Crippen LogP contribution in [0.2, 0.25) is 0 Å². The van der Waals surface area contributed by atoms with E-state index in [1.54, 1.807) is 14.2 Å². The van der Waals surface area contributed by atoms with Gasteiger partial charge in [-0.25, -0.2) is 0 Å². The molecule has 0 fully saturated rings. The second-order valence-corrected chi connectivity index (χ2v) is 5.58. The summed E-state index contributed by atoms with van der Waals surface area (Å²) in [6, 6.07) is 15.8. The second kappa shape index (κ2) is 8.56. The van der Waals surface area contributed by atoms with Gasteiger partial charge in [-0.1, -0.05) is 36.4 Å². The van der Waals surface area contributed by atoms with E-state index in [-0.39, 0.29) is 6.04 Å². The molecule has 2 rings (SSSR count). The van der Waals surface area contributed by atoms with E-state index in [2.05, 4.69) is 18.3 Å². The van der Waals surface area contributed by atoms with Crippen molar-refractivity contribution in [1.29, 1.82) is 0 Å². The maximum absolute atomic E-state index is 10.4. The van der Waals surface area contributed by atoms with Gasteiger partial charge in [0.1, 0.15) is 11.5 Å². The average molecular weight is 315 g/mol. The maximum Gasteiger partial charge on any atom is 0.124 e. The third kappa shape index (κ3) is 4.71. The molecule has 0 aromatic heterocycles. The van der Waals surface area contributed by atoms with E-state index in [0.29, 0.717) is 12.3 Å². The normalized spacial score (nSPS) is 13.4. The van der Waals surface area contributed by atoms with Gasteiger partial charge in [-0.3, -0.25) is 0 Å². The van der Waals surface area contributed by atoms with Gasteiger partial charge in [-0.15, -0.1) is 0 Å². The van der Waals surface area contributed by atoms with Crippen LogP contribution in [-0.2, 0) is 6.42 Å². The molecule has 2 aromatic carbocycles. The molecule has 0 amide bonds. The van der Waals surface area contributed by atoms with Crippen molar-refractivity contribution in [2.24, 2.45) is 0 Å². The van der Waals surface area contributed by atoms with Gasteiger partial charge in [0.2, 0.25) is 0 Å². The first-order valence-corrected chi connectivity index (χ1v) is 7.82. The van der Waals surface area contributed by atoms with E-state index in [9.17, 15) is 5.11 Å². The fourth-order valence-corrected chi connectivity index (χ4v) is 2.64. The standard InChI is InChI=1S/C19H25NO3/c1-14(12-15-8-4-6-10-18(15)22-2)20-13-17(21)16-9-5-7-11-19(16)23-3/h4-11,14,17,20-21H,12-13H2,1-3H3/t14?,17-/m0/s1. The lowest BCUT2D eigenvalue weighted by atomic mass is 10.0. The highest BCUT2D eigenvalue weighted by atomic mass is 16.5. The minimum Gasteiger partial charge on any atom is -0.496 e. The van der Waals surface area contributed by atoms with E-state index in [0.717, 1.165) is 23.3 Å². The number of nitrogens with one attached hydrogen (secondary N) is 1. The molecule has 23 heavy (non-hydrogen) atoms. The van der Waals surface area contributed by atoms with Crippen molar-refractivity contribution in [3.63, 3.8) is 0 Å². The van der Waals surface area contributed by atoms with Gasteiger partial charge in [0.25, 0.3) is 0 Å². The fourth-order valence-electron chi connectivity index (χ4n) is 2.64. The maximum atomic E-state index is 10.4. The highest BCUT2D eigenvalue weighted by Gasteiger charge is 2.14. The molecule has 0 heterocycles. The Labute approximate surface area is 138 Å². The number of ether oxygens (including phenoxy) is 2. The predicted octanol–water partition coefficient (Wildman–Crippen LogP) is 2.96. The first kappa shape index (κ1) is 17.3. The summed E-state index contributed by atoms with van der Waals surface area (Å²) in [5.74, 6) is 1.60. The van der Waals surface area contributed by atoms with Crippen LogP contribution in [0.25, 0.3) is 0 Å². The zero-order valence-corrected chi connectivity index (χ0v) is 14.0. The van der Waals surface area contributed by atoms with Crippen LogP contribution in [0.15, 0.2) is 48.5 Å². The summed E-state index contributed by atoms with van der Waals surface area (Å²) in [6.07, 6.45) is 0.231. The molecular weight excluding hydrogens is 290 g/mol. The lowest BCUT2D eigenvalue weighted by Crippen LogP contribution is -2.32. The van der Waals surface area contributed by atoms with Crippen molar-refractivity contribution in [3.05, 3.63) is 59.7 Å². The highest BCUT2D eigenvalue weighted by molar-refractivity contribution is 5.35. The predicted molar refractivity (Wildman–Crippen MR) is 92.1 cm³/mol. The van der Waals surface area contributed by atoms with Crippen LogP contribution in [0.4, 0.5) is 0 Å². The summed E-state index contributed by atoms with van der Waals surface area (Å²) in [5, 5.41) is 13.8. The van der Waals surface area contributed by atoms with E-state index >= 15 is 0 Å². The summed E-state index contributed by atoms with van der Waals surface area (Å²) >= 11 is 0. The number of benzene rings is 2. The van der Waals surface area contributed by atoms with Gasteiger partial charge in [0.15, 0.2) is 0 Å². The summed E-state index contributed by atoms with van der Waals surface area (Å²) in [5.41, 5.74) is 1.95. The highest BCUT2D eigenvalue weighted by Crippen LogP contribution is 2.24. The minimum absolute atomic E-state index is 0.218. The molecule has 0 saturated carbocycles. The van der Waals surface area contributed by atoms with Crippen molar-refractivity contribution in [1.82, 2.24) is 5.32 Å². The topological polar surface area (TPSA) is 50.7 Å². The third-order valence-electron chi connectivity index (χ3n) is 3.88. The summed E-state index contributed by atoms with van der Waals surface area (Å²) in [7, 11) is 3.30. The van der Waals surface area contributed by atoms with Crippen LogP contribution >= 0.6 is 0 Å². The van der Waals surface area contributed by atoms with E-state index in [1.165, 1.54) is 0 Å². The molecular formula is C19H25NO3. The Morgan fingerprint density at radius 3 is 2.26 bits per heavy atom. The molecule has 1 unspecified atom stereocenters. The molecule has 0 aliphatic rings. The molecule has 0 saturated heterocycles. The summed E-state index contributed by atoms with van der Waals surface area (Å²) in [4.78, 5) is 0. The smallest absolute Gasteiger partial charge is 0.124 e. The van der Waals surface area contributed by atoms with E-state index in [4.69, 9.17) is 9.47 Å². The molecule has 0 aliphatic heterocycles. The number of hydrogen-bond acceptors (Lipinski definition) is 4. The molecule has 4 heteroatoms. The number of aliphatic hydroxyl groups excluding tert-OH is 1. The SMILES string of the molecule is COc1ccccc1CC(C)NC[C@H](O)c1ccccc1OC. The number of hydrogen-bond donors (Lipinski definition) is 2. The van der Waals surface area contributed by atoms with Crippen molar-refractivity contribution in [2.45, 2.75) is 25.5 Å². The number of rotatable bonds is 8. The van der Waals surface area contributed by atoms with Crippen LogP contribution < -0.4 is 14.8 Å². The van der Waals surface area contributed by atoms with Crippen LogP contribution in [0.3, 0.4) is 0 Å². The first-order chi connectivity index (χ1) is 11.2. The number of methoxy groups -OCH3 is 2. The van der Waals surface area contributed by atoms with Gasteiger partial charge >= 0.3 is 0 Å². The Morgan fingerprint density at radius 2 is 1.57 bits per heavy atom. The zero-order chi connectivity index (χ0) is 16.7. The van der Waals surface area contributed by atoms with Gasteiger partial charge in [0.05, 0.1) is 20.3 Å². The van der Waals surface area contributed by atoms with Crippen molar-refractivity contribution < 1.29 is 14.6 Å². The molecule has 124 valence electrons. The molecule has 4 nitrogen and oxygen atoms in total. The number of aliphatic hydroxyl groups is 1. The van der Waals surface area contributed by atoms with Gasteiger partial charge in [0, 0.05) is 18.2 Å². The minimum atomic E-state index is -0.605. The van der Waals surface area contributed by atoms with Crippen LogP contribution in [-0.4, -0.2) is 31.9 Å². The third-order valence-corrected chi connectivity index (χ3v) is 3.88. The molecule has 0 aliphatic carbocycles. The van der Waals surface area contributed by atoms with E-state index in [1.807, 2.05) is 42.5 Å². The Kier molecular flexibility index (Phi) is 6.44. The lowest BCUT2D eigenvalue weighted by molar-refractivity contribution is 0.166. The largest absolute Gasteiger partial charge is 0.496 e. The lowest BCUT2D eigenvalue weighted by Gasteiger charge is -2.19. The molecule has 0 radical (unpaired) electrons. The molecule has 2 aromatic rings. The van der Waals surface area contributed by atoms with Crippen LogP contribution in [0.5, 0.6) is 11.5 Å². The monoisotopic (exact) mass is 315 g/mol. The summed E-state index contributed by atoms with van der Waals surface area (Å²) < 4.78 is 10.7. The van der Waals surface area contributed by atoms with E-state index < -0.39 is 6.10 Å². The molecule has 2 atom stereocenters. The zero-order valence-electron chi connectivity index (χ0n) is 14.0. The fraction of sp³-hybridized carbons (Fsp3) is 0.368.